The number of aromatic nitrogens is 1. The number of nitrogens with zero attached hydrogens (tertiary/aromatic N) is 3. The molecule has 1 aromatic carbocycles. The summed E-state index contributed by atoms with van der Waals surface area (Å²) in [7, 11) is -2.77. The molecule has 0 saturated carbocycles. The molecule has 0 aliphatic carbocycles. The Kier molecular flexibility index (Phi) is 7.23. The van der Waals surface area contributed by atoms with Gasteiger partial charge in [0.15, 0.2) is 0 Å². The Labute approximate surface area is 211 Å². The molecule has 10 nitrogen and oxygen atoms in total. The second-order valence-corrected chi connectivity index (χ2v) is 12.0. The second-order valence-electron chi connectivity index (χ2n) is 9.07. The Hall–Kier alpha value is -3.06. The number of rotatable bonds is 3. The molecule has 0 bridgehead atoms. The van der Waals surface area contributed by atoms with Crippen LogP contribution in [0.3, 0.4) is 0 Å². The summed E-state index contributed by atoms with van der Waals surface area (Å²) in [4.78, 5) is 33.2. The van der Waals surface area contributed by atoms with E-state index in [1.807, 2.05) is 0 Å². The Morgan fingerprint density at radius 3 is 2.49 bits per heavy atom. The van der Waals surface area contributed by atoms with Gasteiger partial charge in [0.05, 0.1) is 5.75 Å². The molecule has 0 fully saturated rings. The van der Waals surface area contributed by atoms with E-state index in [1.54, 1.807) is 26.8 Å². The van der Waals surface area contributed by atoms with Gasteiger partial charge in [-0.3, -0.25) is 10.1 Å². The number of aliphatic imine (C=N–C) groups is 1. The van der Waals surface area contributed by atoms with Crippen LogP contribution in [0.5, 0.6) is 0 Å². The highest BCUT2D eigenvalue weighted by Gasteiger charge is 2.43. The summed E-state index contributed by atoms with van der Waals surface area (Å²) in [6.07, 6.45) is 0.551. The van der Waals surface area contributed by atoms with Gasteiger partial charge in [-0.1, -0.05) is 0 Å². The lowest BCUT2D eigenvalue weighted by molar-refractivity contribution is 0.0559. The van der Waals surface area contributed by atoms with E-state index in [2.05, 4.69) is 36.5 Å². The van der Waals surface area contributed by atoms with Crippen LogP contribution in [0.1, 0.15) is 43.7 Å². The van der Waals surface area contributed by atoms with Crippen molar-refractivity contribution in [2.75, 3.05) is 18.1 Å². The second kappa shape index (κ2) is 9.53. The molecular formula is C22H25BrFN5O5S. The Balaban J connectivity index is 1.96. The molecule has 2 amide bonds. The molecular weight excluding hydrogens is 545 g/mol. The van der Waals surface area contributed by atoms with Gasteiger partial charge in [-0.05, 0) is 74.0 Å². The third kappa shape index (κ3) is 6.34. The largest absolute Gasteiger partial charge is 0.444 e. The lowest BCUT2D eigenvalue weighted by Gasteiger charge is -2.36. The number of benzene rings is 1. The molecule has 2 heterocycles. The Morgan fingerprint density at radius 1 is 1.20 bits per heavy atom. The lowest BCUT2D eigenvalue weighted by atomic mass is 9.93. The SMILES string of the molecule is CN1C(NC(=O)OC(C)(C)C)=N[C@](C)(c2cc(NC(=O)c3ccc(Br)cn3)ccc2F)CS1(=O)=O. The van der Waals surface area contributed by atoms with Crippen molar-refractivity contribution in [3.63, 3.8) is 0 Å². The number of hydrogen-bond donors (Lipinski definition) is 2. The van der Waals surface area contributed by atoms with Crippen molar-refractivity contribution in [1.82, 2.24) is 14.6 Å². The van der Waals surface area contributed by atoms with E-state index < -0.39 is 44.7 Å². The lowest BCUT2D eigenvalue weighted by Crippen LogP contribution is -2.54. The smallest absolute Gasteiger partial charge is 0.414 e. The number of carbonyl (C=O) groups is 2. The van der Waals surface area contributed by atoms with E-state index in [0.29, 0.717) is 4.47 Å². The van der Waals surface area contributed by atoms with Crippen LogP contribution < -0.4 is 10.6 Å². The zero-order valence-electron chi connectivity index (χ0n) is 19.7. The third-order valence-electron chi connectivity index (χ3n) is 4.91. The minimum Gasteiger partial charge on any atom is -0.444 e. The summed E-state index contributed by atoms with van der Waals surface area (Å²) in [5.41, 5.74) is -2.18. The summed E-state index contributed by atoms with van der Waals surface area (Å²) in [5, 5.41) is 4.95. The van der Waals surface area contributed by atoms with Crippen molar-refractivity contribution in [3.05, 3.63) is 58.1 Å². The van der Waals surface area contributed by atoms with Crippen molar-refractivity contribution in [3.8, 4) is 0 Å². The Bertz CT molecular complexity index is 1290. The standard InChI is InChI=1S/C22H25BrFN5O5S/c1-21(2,3)34-20(31)27-19-28-22(4,12-35(32,33)29(19)5)15-10-14(7-8-16(15)24)26-18(30)17-9-6-13(23)11-25-17/h6-11H,12H2,1-5H3,(H,26,30)(H,27,28,31)/t22-/m0/s1. The van der Waals surface area contributed by atoms with Crippen LogP contribution in [0.2, 0.25) is 0 Å². The molecule has 3 rings (SSSR count). The van der Waals surface area contributed by atoms with Gasteiger partial charge in [0.2, 0.25) is 16.0 Å². The van der Waals surface area contributed by atoms with E-state index >= 15 is 0 Å². The van der Waals surface area contributed by atoms with Crippen molar-refractivity contribution in [1.29, 1.82) is 0 Å². The number of guanidine groups is 1. The van der Waals surface area contributed by atoms with Gasteiger partial charge < -0.3 is 10.1 Å². The number of ether oxygens (including phenoxy) is 1. The number of sulfonamides is 1. The number of halogens is 2. The van der Waals surface area contributed by atoms with Crippen molar-refractivity contribution in [2.24, 2.45) is 4.99 Å². The average Bonchev–Trinajstić information content (AvgIpc) is 2.71. The fourth-order valence-corrected chi connectivity index (χ4v) is 4.99. The molecule has 0 unspecified atom stereocenters. The summed E-state index contributed by atoms with van der Waals surface area (Å²) in [6.45, 7) is 6.38. The minimum absolute atomic E-state index is 0.0840. The quantitative estimate of drug-likeness (QED) is 0.580. The topological polar surface area (TPSA) is 130 Å². The first-order valence-electron chi connectivity index (χ1n) is 10.4. The zero-order chi connectivity index (χ0) is 26.2. The van der Waals surface area contributed by atoms with Gasteiger partial charge in [0, 0.05) is 29.0 Å². The van der Waals surface area contributed by atoms with E-state index in [-0.39, 0.29) is 22.9 Å². The first-order chi connectivity index (χ1) is 16.1. The molecule has 35 heavy (non-hydrogen) atoms. The molecule has 1 aromatic heterocycles. The molecule has 0 spiro atoms. The molecule has 1 aliphatic heterocycles. The summed E-state index contributed by atoms with van der Waals surface area (Å²) in [6, 6.07) is 6.91. The van der Waals surface area contributed by atoms with Crippen LogP contribution in [0.15, 0.2) is 46.0 Å². The van der Waals surface area contributed by atoms with Gasteiger partial charge in [-0.25, -0.2) is 31.9 Å². The van der Waals surface area contributed by atoms with Crippen LogP contribution >= 0.6 is 15.9 Å². The summed E-state index contributed by atoms with van der Waals surface area (Å²) < 4.78 is 47.4. The number of carbonyl (C=O) groups excluding carboxylic acids is 2. The van der Waals surface area contributed by atoms with Crippen molar-refractivity contribution >= 4 is 49.6 Å². The van der Waals surface area contributed by atoms with E-state index in [1.165, 1.54) is 38.4 Å². The molecule has 2 aromatic rings. The average molecular weight is 570 g/mol. The first-order valence-corrected chi connectivity index (χ1v) is 12.8. The molecule has 0 saturated heterocycles. The van der Waals surface area contributed by atoms with Gasteiger partial charge >= 0.3 is 6.09 Å². The molecule has 13 heteroatoms. The fourth-order valence-electron chi connectivity index (χ4n) is 3.28. The normalized spacial score (nSPS) is 19.5. The van der Waals surface area contributed by atoms with Gasteiger partial charge in [0.25, 0.3) is 5.91 Å². The molecule has 0 radical (unpaired) electrons. The maximum Gasteiger partial charge on any atom is 0.414 e. The fraction of sp³-hybridized carbons (Fsp3) is 0.364. The number of amides is 2. The van der Waals surface area contributed by atoms with Gasteiger partial charge in [-0.2, -0.15) is 0 Å². The highest BCUT2D eigenvalue weighted by molar-refractivity contribution is 9.10. The molecule has 188 valence electrons. The number of nitrogens with one attached hydrogen (secondary N) is 2. The van der Waals surface area contributed by atoms with E-state index in [9.17, 15) is 22.4 Å². The molecule has 2 N–H and O–H groups in total. The molecule has 1 atom stereocenters. The van der Waals surface area contributed by atoms with Gasteiger partial charge in [-0.15, -0.1) is 0 Å². The van der Waals surface area contributed by atoms with Gasteiger partial charge in [0.1, 0.15) is 22.7 Å². The summed E-state index contributed by atoms with van der Waals surface area (Å²) in [5.74, 6) is -2.15. The number of anilines is 1. The van der Waals surface area contributed by atoms with Crippen molar-refractivity contribution in [2.45, 2.75) is 38.8 Å². The summed E-state index contributed by atoms with van der Waals surface area (Å²) >= 11 is 3.24. The maximum absolute atomic E-state index is 14.9. The van der Waals surface area contributed by atoms with Crippen molar-refractivity contribution < 1.29 is 27.1 Å². The van der Waals surface area contributed by atoms with Crippen LogP contribution in [-0.2, 0) is 20.3 Å². The van der Waals surface area contributed by atoms with Crippen LogP contribution in [0.25, 0.3) is 0 Å². The zero-order valence-corrected chi connectivity index (χ0v) is 22.1. The van der Waals surface area contributed by atoms with Crippen LogP contribution in [-0.4, -0.2) is 54.1 Å². The number of alkyl carbamates (subject to hydrolysis) is 1. The Morgan fingerprint density at radius 2 is 1.89 bits per heavy atom. The predicted molar refractivity (Wildman–Crippen MR) is 132 cm³/mol. The highest BCUT2D eigenvalue weighted by atomic mass is 79.9. The maximum atomic E-state index is 14.9. The van der Waals surface area contributed by atoms with E-state index in [4.69, 9.17) is 4.74 Å². The minimum atomic E-state index is -3.99. The molecule has 1 aliphatic rings. The monoisotopic (exact) mass is 569 g/mol. The van der Waals surface area contributed by atoms with Crippen LogP contribution in [0.4, 0.5) is 14.9 Å². The predicted octanol–water partition coefficient (Wildman–Crippen LogP) is 3.61. The highest BCUT2D eigenvalue weighted by Crippen LogP contribution is 2.35. The third-order valence-corrected chi connectivity index (χ3v) is 7.31. The number of pyridine rings is 1. The van der Waals surface area contributed by atoms with Crippen LogP contribution in [0, 0.1) is 5.82 Å². The number of hydrogen-bond acceptors (Lipinski definition) is 7. The first kappa shape index (κ1) is 26.5. The van der Waals surface area contributed by atoms with E-state index in [0.717, 1.165) is 10.4 Å².